The maximum Gasteiger partial charge on any atom is 0.343 e. The van der Waals surface area contributed by atoms with Gasteiger partial charge in [0.25, 0.3) is 0 Å². The molecule has 6 nitrogen and oxygen atoms in total. The molecular formula is C20H18O6. The average molecular weight is 354 g/mol. The average Bonchev–Trinajstić information content (AvgIpc) is 2.64. The first-order valence-corrected chi connectivity index (χ1v) is 8.23. The molecular weight excluding hydrogens is 336 g/mol. The topological polar surface area (TPSA) is 93.1 Å². The maximum absolute atomic E-state index is 12.1. The molecule has 0 atom stereocenters. The van der Waals surface area contributed by atoms with Crippen LogP contribution < -0.4 is 0 Å². The normalized spacial score (nSPS) is 16.6. The van der Waals surface area contributed by atoms with Gasteiger partial charge in [0.1, 0.15) is 17.3 Å². The molecule has 0 saturated carbocycles. The monoisotopic (exact) mass is 354 g/mol. The number of aliphatic hydroxyl groups is 1. The summed E-state index contributed by atoms with van der Waals surface area (Å²) in [5.41, 5.74) is 0.850. The Labute approximate surface area is 150 Å². The van der Waals surface area contributed by atoms with E-state index in [2.05, 4.69) is 0 Å². The van der Waals surface area contributed by atoms with Gasteiger partial charge >= 0.3 is 11.9 Å². The lowest BCUT2D eigenvalue weighted by Gasteiger charge is -2.16. The molecule has 0 heterocycles. The van der Waals surface area contributed by atoms with Crippen LogP contribution in [0.25, 0.3) is 0 Å². The second-order valence-corrected chi connectivity index (χ2v) is 5.94. The molecule has 0 bridgehead atoms. The van der Waals surface area contributed by atoms with Crippen molar-refractivity contribution in [2.24, 2.45) is 0 Å². The smallest absolute Gasteiger partial charge is 0.343 e. The van der Waals surface area contributed by atoms with E-state index in [0.717, 1.165) is 0 Å². The van der Waals surface area contributed by atoms with Gasteiger partial charge in [-0.05, 0) is 55.0 Å². The number of hydrogen-bond acceptors (Lipinski definition) is 6. The van der Waals surface area contributed by atoms with Crippen molar-refractivity contribution in [1.29, 1.82) is 0 Å². The van der Waals surface area contributed by atoms with Crippen molar-refractivity contribution in [2.75, 3.05) is 0 Å². The number of phenols is 1. The fraction of sp³-hybridized carbons (Fsp3) is 0.200. The third kappa shape index (κ3) is 4.42. The number of aromatic hydroxyl groups is 1. The van der Waals surface area contributed by atoms with Gasteiger partial charge in [0.05, 0.1) is 11.3 Å². The van der Waals surface area contributed by atoms with Crippen LogP contribution in [0, 0.1) is 0 Å². The third-order valence-electron chi connectivity index (χ3n) is 4.01. The molecule has 0 aliphatic heterocycles. The number of carbonyl (C=O) groups is 2. The predicted octanol–water partition coefficient (Wildman–Crippen LogP) is 3.82. The Morgan fingerprint density at radius 1 is 0.731 bits per heavy atom. The Kier molecular flexibility index (Phi) is 5.22. The van der Waals surface area contributed by atoms with Crippen molar-refractivity contribution in [3.05, 3.63) is 77.0 Å². The van der Waals surface area contributed by atoms with Crippen LogP contribution in [0.3, 0.4) is 0 Å². The Balaban J connectivity index is 1.58. The predicted molar refractivity (Wildman–Crippen MR) is 93.0 cm³/mol. The van der Waals surface area contributed by atoms with Crippen molar-refractivity contribution in [3.63, 3.8) is 0 Å². The van der Waals surface area contributed by atoms with E-state index in [0.29, 0.717) is 48.3 Å². The van der Waals surface area contributed by atoms with E-state index in [9.17, 15) is 19.8 Å². The largest absolute Gasteiger partial charge is 0.512 e. The lowest BCUT2D eigenvalue weighted by Crippen LogP contribution is -2.12. The zero-order valence-electron chi connectivity index (χ0n) is 14.0. The summed E-state index contributed by atoms with van der Waals surface area (Å²) < 4.78 is 10.7. The summed E-state index contributed by atoms with van der Waals surface area (Å²) in [5, 5.41) is 18.6. The number of allylic oxidation sites excluding steroid dienone is 7. The van der Waals surface area contributed by atoms with Crippen LogP contribution in [0.15, 0.2) is 71.4 Å². The first-order valence-electron chi connectivity index (χ1n) is 8.23. The molecule has 1 aromatic rings. The number of carbonyl (C=O) groups excluding carboxylic acids is 2. The molecule has 0 radical (unpaired) electrons. The molecule has 3 rings (SSSR count). The molecule has 0 unspecified atom stereocenters. The second kappa shape index (κ2) is 7.74. The van der Waals surface area contributed by atoms with Gasteiger partial charge in [-0.25, -0.2) is 9.59 Å². The zero-order chi connectivity index (χ0) is 18.5. The van der Waals surface area contributed by atoms with E-state index >= 15 is 0 Å². The third-order valence-corrected chi connectivity index (χ3v) is 4.01. The van der Waals surface area contributed by atoms with Crippen LogP contribution in [0.1, 0.15) is 36.0 Å². The first kappa shape index (κ1) is 17.5. The van der Waals surface area contributed by atoms with Gasteiger partial charge in [-0.1, -0.05) is 0 Å². The molecule has 6 heteroatoms. The lowest BCUT2D eigenvalue weighted by atomic mass is 10.0. The van der Waals surface area contributed by atoms with Crippen LogP contribution in [-0.4, -0.2) is 22.2 Å². The fourth-order valence-electron chi connectivity index (χ4n) is 2.53. The maximum atomic E-state index is 12.1. The van der Waals surface area contributed by atoms with Crippen LogP contribution in [0.2, 0.25) is 0 Å². The number of hydrogen-bond donors (Lipinski definition) is 2. The van der Waals surface area contributed by atoms with E-state index in [1.165, 1.54) is 30.3 Å². The summed E-state index contributed by atoms with van der Waals surface area (Å²) >= 11 is 0. The molecule has 26 heavy (non-hydrogen) atoms. The standard InChI is InChI=1S/C20H18O6/c21-15-5-1-13(2-6-15)19(23)25-17-9-11-18(12-10-17)26-20(24)14-3-7-16(22)8-4-14/h1-3,5-7,9,11,21-22H,4,8,10,12H2. The van der Waals surface area contributed by atoms with Gasteiger partial charge in [0.2, 0.25) is 0 Å². The highest BCUT2D eigenvalue weighted by atomic mass is 16.5. The summed E-state index contributed by atoms with van der Waals surface area (Å²) in [5.74, 6) is 0.363. The number of rotatable bonds is 4. The van der Waals surface area contributed by atoms with E-state index in [4.69, 9.17) is 9.47 Å². The Morgan fingerprint density at radius 2 is 1.35 bits per heavy atom. The lowest BCUT2D eigenvalue weighted by molar-refractivity contribution is -0.135. The van der Waals surface area contributed by atoms with E-state index in [1.54, 1.807) is 18.2 Å². The van der Waals surface area contributed by atoms with Gasteiger partial charge in [-0.3, -0.25) is 0 Å². The van der Waals surface area contributed by atoms with Crippen LogP contribution >= 0.6 is 0 Å². The Bertz CT molecular complexity index is 840. The van der Waals surface area contributed by atoms with Gasteiger partial charge in [-0.2, -0.15) is 0 Å². The molecule has 2 N–H and O–H groups in total. The minimum Gasteiger partial charge on any atom is -0.512 e. The van der Waals surface area contributed by atoms with Crippen molar-refractivity contribution in [3.8, 4) is 5.75 Å². The summed E-state index contributed by atoms with van der Waals surface area (Å²) in [6, 6.07) is 5.79. The molecule has 0 fully saturated rings. The summed E-state index contributed by atoms with van der Waals surface area (Å²) in [4.78, 5) is 24.1. The SMILES string of the molecule is O=C(OC1=CC=C(OC(=O)c2ccc(O)cc2)CC1)C1=CC=C(O)CC1. The van der Waals surface area contributed by atoms with Crippen molar-refractivity contribution in [2.45, 2.75) is 25.7 Å². The number of aliphatic hydroxyl groups excluding tert-OH is 1. The summed E-state index contributed by atoms with van der Waals surface area (Å²) in [6.45, 7) is 0. The minimum atomic E-state index is -0.510. The number of phenolic OH excluding ortho intramolecular Hbond substituents is 1. The van der Waals surface area contributed by atoms with E-state index in [-0.39, 0.29) is 11.5 Å². The highest BCUT2D eigenvalue weighted by molar-refractivity contribution is 5.90. The molecule has 2 aliphatic carbocycles. The quantitative estimate of drug-likeness (QED) is 0.799. The highest BCUT2D eigenvalue weighted by Crippen LogP contribution is 2.24. The Morgan fingerprint density at radius 3 is 1.88 bits per heavy atom. The first-order chi connectivity index (χ1) is 12.5. The fourth-order valence-corrected chi connectivity index (χ4v) is 2.53. The molecule has 1 aromatic carbocycles. The van der Waals surface area contributed by atoms with E-state index < -0.39 is 11.9 Å². The Hall–Kier alpha value is -3.28. The number of esters is 2. The second-order valence-electron chi connectivity index (χ2n) is 5.94. The zero-order valence-corrected chi connectivity index (χ0v) is 14.0. The van der Waals surface area contributed by atoms with Gasteiger partial charge < -0.3 is 19.7 Å². The molecule has 134 valence electrons. The van der Waals surface area contributed by atoms with Crippen LogP contribution in [0.4, 0.5) is 0 Å². The van der Waals surface area contributed by atoms with E-state index in [1.807, 2.05) is 0 Å². The van der Waals surface area contributed by atoms with Gasteiger partial charge in [0, 0.05) is 24.8 Å². The van der Waals surface area contributed by atoms with Crippen molar-refractivity contribution in [1.82, 2.24) is 0 Å². The van der Waals surface area contributed by atoms with Crippen LogP contribution in [0.5, 0.6) is 5.75 Å². The minimum absolute atomic E-state index is 0.0756. The van der Waals surface area contributed by atoms with Crippen molar-refractivity contribution >= 4 is 11.9 Å². The molecule has 2 aliphatic rings. The van der Waals surface area contributed by atoms with Gasteiger partial charge in [0.15, 0.2) is 0 Å². The molecule has 0 saturated heterocycles. The summed E-state index contributed by atoms with van der Waals surface area (Å²) in [6.07, 6.45) is 8.01. The summed E-state index contributed by atoms with van der Waals surface area (Å²) in [7, 11) is 0. The number of benzene rings is 1. The van der Waals surface area contributed by atoms with Crippen LogP contribution in [-0.2, 0) is 14.3 Å². The molecule has 0 aromatic heterocycles. The number of ether oxygens (including phenoxy) is 2. The highest BCUT2D eigenvalue weighted by Gasteiger charge is 2.19. The van der Waals surface area contributed by atoms with Gasteiger partial charge in [-0.15, -0.1) is 0 Å². The van der Waals surface area contributed by atoms with Crippen molar-refractivity contribution < 1.29 is 29.3 Å². The molecule has 0 amide bonds. The molecule has 0 spiro atoms.